The predicted molar refractivity (Wildman–Crippen MR) is 74.3 cm³/mol. The Morgan fingerprint density at radius 1 is 1.16 bits per heavy atom. The Labute approximate surface area is 114 Å². The molecular formula is C15H23N3O. The lowest BCUT2D eigenvalue weighted by molar-refractivity contribution is 0.0766. The minimum absolute atomic E-state index is 0.204. The van der Waals surface area contributed by atoms with E-state index in [4.69, 9.17) is 0 Å². The maximum Gasteiger partial charge on any atom is 0.169 e. The van der Waals surface area contributed by atoms with E-state index in [9.17, 15) is 4.79 Å². The lowest BCUT2D eigenvalue weighted by atomic mass is 9.84. The van der Waals surface area contributed by atoms with Crippen LogP contribution in [0.15, 0.2) is 0 Å². The molecule has 19 heavy (non-hydrogen) atoms. The number of Topliss-reactive ketones (excluding diaryl/α,β-unsaturated/α-hetero) is 1. The van der Waals surface area contributed by atoms with Gasteiger partial charge in [0.1, 0.15) is 0 Å². The molecule has 104 valence electrons. The Balaban J connectivity index is 1.85. The molecule has 3 heterocycles. The average Bonchev–Trinajstić information content (AvgIpc) is 2.74. The van der Waals surface area contributed by atoms with Gasteiger partial charge in [-0.25, -0.2) is 0 Å². The van der Waals surface area contributed by atoms with E-state index in [0.717, 1.165) is 29.8 Å². The normalized spacial score (nSPS) is 30.8. The zero-order valence-electron chi connectivity index (χ0n) is 12.3. The summed E-state index contributed by atoms with van der Waals surface area (Å²) in [5, 5.41) is 4.38. The van der Waals surface area contributed by atoms with E-state index in [1.54, 1.807) is 0 Å². The van der Waals surface area contributed by atoms with Gasteiger partial charge in [-0.1, -0.05) is 0 Å². The summed E-state index contributed by atoms with van der Waals surface area (Å²) in [5.41, 5.74) is 2.77. The fraction of sp³-hybridized carbons (Fsp3) is 0.733. The molecule has 2 fully saturated rings. The van der Waals surface area contributed by atoms with E-state index >= 15 is 0 Å². The van der Waals surface area contributed by atoms with Crippen molar-refractivity contribution in [2.45, 2.75) is 51.6 Å². The maximum atomic E-state index is 12.8. The van der Waals surface area contributed by atoms with E-state index in [2.05, 4.69) is 17.0 Å². The van der Waals surface area contributed by atoms with Gasteiger partial charge in [0.15, 0.2) is 5.78 Å². The Kier molecular flexibility index (Phi) is 3.01. The molecule has 4 heteroatoms. The molecule has 0 amide bonds. The van der Waals surface area contributed by atoms with Gasteiger partial charge in [0.2, 0.25) is 0 Å². The van der Waals surface area contributed by atoms with Gasteiger partial charge in [-0.05, 0) is 46.6 Å². The standard InChI is InChI=1S/C15H23N3O/c1-9-14(10(2)18(4)16-9)15(19)11-7-12-5-6-13(8-11)17(12)3/h11-13H,5-8H2,1-4H3. The molecule has 1 aromatic rings. The molecule has 0 radical (unpaired) electrons. The molecule has 2 aliphatic heterocycles. The second kappa shape index (κ2) is 4.44. The van der Waals surface area contributed by atoms with Crippen molar-refractivity contribution in [2.75, 3.05) is 7.05 Å². The van der Waals surface area contributed by atoms with Crippen LogP contribution in [0.2, 0.25) is 0 Å². The highest BCUT2D eigenvalue weighted by molar-refractivity contribution is 6.00. The number of piperidine rings is 1. The topological polar surface area (TPSA) is 38.1 Å². The molecule has 2 aliphatic rings. The van der Waals surface area contributed by atoms with Crippen molar-refractivity contribution in [3.8, 4) is 0 Å². The molecule has 0 N–H and O–H groups in total. The summed E-state index contributed by atoms with van der Waals surface area (Å²) in [4.78, 5) is 15.3. The van der Waals surface area contributed by atoms with Gasteiger partial charge >= 0.3 is 0 Å². The number of hydrogen-bond donors (Lipinski definition) is 0. The van der Waals surface area contributed by atoms with E-state index in [-0.39, 0.29) is 5.92 Å². The van der Waals surface area contributed by atoms with Gasteiger partial charge in [-0.3, -0.25) is 9.48 Å². The van der Waals surface area contributed by atoms with Crippen LogP contribution in [0, 0.1) is 19.8 Å². The zero-order valence-corrected chi connectivity index (χ0v) is 12.3. The van der Waals surface area contributed by atoms with Gasteiger partial charge in [-0.15, -0.1) is 0 Å². The van der Waals surface area contributed by atoms with E-state index in [0.29, 0.717) is 17.9 Å². The van der Waals surface area contributed by atoms with Crippen LogP contribution in [0.4, 0.5) is 0 Å². The van der Waals surface area contributed by atoms with E-state index in [1.165, 1.54) is 12.8 Å². The third kappa shape index (κ3) is 1.93. The number of rotatable bonds is 2. The monoisotopic (exact) mass is 261 g/mol. The Morgan fingerprint density at radius 2 is 1.74 bits per heavy atom. The van der Waals surface area contributed by atoms with Crippen molar-refractivity contribution in [2.24, 2.45) is 13.0 Å². The van der Waals surface area contributed by atoms with Crippen molar-refractivity contribution >= 4 is 5.78 Å². The number of carbonyl (C=O) groups excluding carboxylic acids is 1. The molecule has 0 aliphatic carbocycles. The molecule has 1 aromatic heterocycles. The molecule has 2 saturated heterocycles. The first-order chi connectivity index (χ1) is 8.99. The number of carbonyl (C=O) groups is 1. The van der Waals surface area contributed by atoms with Crippen LogP contribution in [0.5, 0.6) is 0 Å². The summed E-state index contributed by atoms with van der Waals surface area (Å²) >= 11 is 0. The molecule has 3 rings (SSSR count). The quantitative estimate of drug-likeness (QED) is 0.765. The molecule has 2 bridgehead atoms. The van der Waals surface area contributed by atoms with Crippen molar-refractivity contribution in [3.63, 3.8) is 0 Å². The Bertz CT molecular complexity index is 506. The summed E-state index contributed by atoms with van der Waals surface area (Å²) in [7, 11) is 4.13. The molecule has 2 unspecified atom stereocenters. The van der Waals surface area contributed by atoms with Gasteiger partial charge in [0.05, 0.1) is 11.3 Å². The van der Waals surface area contributed by atoms with Gasteiger partial charge in [0, 0.05) is 30.7 Å². The number of ketones is 1. The first-order valence-corrected chi connectivity index (χ1v) is 7.25. The molecule has 4 nitrogen and oxygen atoms in total. The third-order valence-electron chi connectivity index (χ3n) is 5.22. The smallest absolute Gasteiger partial charge is 0.169 e. The first kappa shape index (κ1) is 12.9. The number of hydrogen-bond acceptors (Lipinski definition) is 3. The van der Waals surface area contributed by atoms with Crippen LogP contribution in [-0.2, 0) is 7.05 Å². The lowest BCUT2D eigenvalue weighted by Gasteiger charge is -2.35. The largest absolute Gasteiger partial charge is 0.300 e. The van der Waals surface area contributed by atoms with Crippen LogP contribution >= 0.6 is 0 Å². The molecule has 2 atom stereocenters. The van der Waals surface area contributed by atoms with E-state index in [1.807, 2.05) is 25.6 Å². The minimum Gasteiger partial charge on any atom is -0.300 e. The maximum absolute atomic E-state index is 12.8. The highest BCUT2D eigenvalue weighted by atomic mass is 16.1. The zero-order chi connectivity index (χ0) is 13.7. The van der Waals surface area contributed by atoms with Crippen LogP contribution in [-0.4, -0.2) is 39.6 Å². The van der Waals surface area contributed by atoms with Crippen LogP contribution in [0.25, 0.3) is 0 Å². The predicted octanol–water partition coefficient (Wildman–Crippen LogP) is 2.09. The minimum atomic E-state index is 0.204. The summed E-state index contributed by atoms with van der Waals surface area (Å²) < 4.78 is 1.83. The summed E-state index contributed by atoms with van der Waals surface area (Å²) in [6.45, 7) is 3.95. The third-order valence-corrected chi connectivity index (χ3v) is 5.22. The SMILES string of the molecule is Cc1nn(C)c(C)c1C(=O)C1CC2CCC(C1)N2C. The first-order valence-electron chi connectivity index (χ1n) is 7.25. The average molecular weight is 261 g/mol. The van der Waals surface area contributed by atoms with Crippen molar-refractivity contribution < 1.29 is 4.79 Å². The number of fused-ring (bicyclic) bond motifs is 2. The molecular weight excluding hydrogens is 238 g/mol. The van der Waals surface area contributed by atoms with Crippen molar-refractivity contribution in [1.82, 2.24) is 14.7 Å². The summed E-state index contributed by atoms with van der Waals surface area (Å²) in [6.07, 6.45) is 4.57. The summed E-state index contributed by atoms with van der Waals surface area (Å²) in [6, 6.07) is 1.23. The van der Waals surface area contributed by atoms with Crippen LogP contribution in [0.3, 0.4) is 0 Å². The second-order valence-corrected chi connectivity index (χ2v) is 6.25. The highest BCUT2D eigenvalue weighted by Crippen LogP contribution is 2.39. The highest BCUT2D eigenvalue weighted by Gasteiger charge is 2.41. The molecule has 0 spiro atoms. The van der Waals surface area contributed by atoms with Gasteiger partial charge in [-0.2, -0.15) is 5.10 Å². The Morgan fingerprint density at radius 3 is 2.21 bits per heavy atom. The molecule has 0 saturated carbocycles. The van der Waals surface area contributed by atoms with Gasteiger partial charge in [0.25, 0.3) is 0 Å². The second-order valence-electron chi connectivity index (χ2n) is 6.25. The lowest BCUT2D eigenvalue weighted by Crippen LogP contribution is -2.42. The number of aryl methyl sites for hydroxylation is 2. The summed E-state index contributed by atoms with van der Waals surface area (Å²) in [5.74, 6) is 0.531. The fourth-order valence-corrected chi connectivity index (χ4v) is 3.96. The van der Waals surface area contributed by atoms with Crippen molar-refractivity contribution in [3.05, 3.63) is 17.0 Å². The van der Waals surface area contributed by atoms with Crippen LogP contribution < -0.4 is 0 Å². The van der Waals surface area contributed by atoms with Crippen molar-refractivity contribution in [1.29, 1.82) is 0 Å². The number of aromatic nitrogens is 2. The van der Waals surface area contributed by atoms with E-state index < -0.39 is 0 Å². The molecule has 0 aromatic carbocycles. The fourth-order valence-electron chi connectivity index (χ4n) is 3.96. The Hall–Kier alpha value is -1.16. The van der Waals surface area contributed by atoms with Gasteiger partial charge < -0.3 is 4.90 Å². The van der Waals surface area contributed by atoms with Crippen LogP contribution in [0.1, 0.15) is 47.4 Å². The number of nitrogens with zero attached hydrogens (tertiary/aromatic N) is 3.